The first kappa shape index (κ1) is 21.4. The first-order valence-corrected chi connectivity index (χ1v) is 9.55. The van der Waals surface area contributed by atoms with E-state index < -0.39 is 18.7 Å². The van der Waals surface area contributed by atoms with Gasteiger partial charge >= 0.3 is 6.18 Å². The number of aryl methyl sites for hydroxylation is 1. The van der Waals surface area contributed by atoms with Gasteiger partial charge in [0.05, 0.1) is 16.1 Å². The van der Waals surface area contributed by atoms with Crippen molar-refractivity contribution in [2.24, 2.45) is 0 Å². The standard InChI is InChI=1S/C20H17F3N2O4S/c1-12-9-16(25-18(26)15-3-2-8-28-15)30-17(12)19(27)24-10-13-4-6-14(7-5-13)29-11-20(21,22)23/h2-9H,10-11H2,1H3,(H,24,27)(H,25,26). The number of nitrogens with one attached hydrogen (secondary N) is 2. The summed E-state index contributed by atoms with van der Waals surface area (Å²) in [5.74, 6) is -0.488. The molecule has 0 aliphatic heterocycles. The van der Waals surface area contributed by atoms with Gasteiger partial charge in [0.1, 0.15) is 5.75 Å². The van der Waals surface area contributed by atoms with Crippen LogP contribution in [0.1, 0.15) is 31.4 Å². The molecule has 0 aliphatic carbocycles. The molecule has 10 heteroatoms. The summed E-state index contributed by atoms with van der Waals surface area (Å²) >= 11 is 1.13. The number of anilines is 1. The van der Waals surface area contributed by atoms with Crippen LogP contribution >= 0.6 is 11.3 Å². The Kier molecular flexibility index (Phi) is 6.46. The van der Waals surface area contributed by atoms with E-state index in [0.29, 0.717) is 21.0 Å². The molecule has 2 N–H and O–H groups in total. The van der Waals surface area contributed by atoms with Crippen molar-refractivity contribution >= 4 is 28.2 Å². The van der Waals surface area contributed by atoms with Gasteiger partial charge in [-0.1, -0.05) is 12.1 Å². The van der Waals surface area contributed by atoms with Crippen LogP contribution in [0.3, 0.4) is 0 Å². The number of amides is 2. The Morgan fingerprint density at radius 1 is 1.13 bits per heavy atom. The monoisotopic (exact) mass is 438 g/mol. The molecule has 0 saturated heterocycles. The highest BCUT2D eigenvalue weighted by Crippen LogP contribution is 2.27. The Morgan fingerprint density at radius 3 is 2.50 bits per heavy atom. The van der Waals surface area contributed by atoms with Crippen molar-refractivity contribution in [3.05, 3.63) is 70.5 Å². The number of hydrogen-bond acceptors (Lipinski definition) is 5. The third kappa shape index (κ3) is 5.86. The molecule has 0 unspecified atom stereocenters. The molecule has 30 heavy (non-hydrogen) atoms. The predicted molar refractivity (Wildman–Crippen MR) is 105 cm³/mol. The van der Waals surface area contributed by atoms with Gasteiger partial charge in [-0.15, -0.1) is 11.3 Å². The maximum absolute atomic E-state index is 12.5. The Balaban J connectivity index is 1.55. The van der Waals surface area contributed by atoms with E-state index in [9.17, 15) is 22.8 Å². The molecule has 0 aliphatic rings. The topological polar surface area (TPSA) is 80.6 Å². The van der Waals surface area contributed by atoms with Crippen LogP contribution in [-0.4, -0.2) is 24.6 Å². The second kappa shape index (κ2) is 9.04. The van der Waals surface area contributed by atoms with Crippen LogP contribution in [0.15, 0.2) is 53.1 Å². The van der Waals surface area contributed by atoms with Crippen molar-refractivity contribution in [3.63, 3.8) is 0 Å². The number of hydrogen-bond donors (Lipinski definition) is 2. The second-order valence-corrected chi connectivity index (χ2v) is 7.34. The Bertz CT molecular complexity index is 1010. The molecule has 3 rings (SSSR count). The number of ether oxygens (including phenoxy) is 1. The van der Waals surface area contributed by atoms with E-state index >= 15 is 0 Å². The highest BCUT2D eigenvalue weighted by molar-refractivity contribution is 7.18. The van der Waals surface area contributed by atoms with Gasteiger partial charge < -0.3 is 19.8 Å². The molecular formula is C20H17F3N2O4S. The first-order chi connectivity index (χ1) is 14.2. The van der Waals surface area contributed by atoms with E-state index in [1.807, 2.05) is 0 Å². The minimum absolute atomic E-state index is 0.0912. The molecule has 158 valence electrons. The number of furan rings is 1. The zero-order valence-electron chi connectivity index (χ0n) is 15.7. The van der Waals surface area contributed by atoms with E-state index in [-0.39, 0.29) is 24.0 Å². The number of alkyl halides is 3. The van der Waals surface area contributed by atoms with Crippen LogP contribution < -0.4 is 15.4 Å². The smallest absolute Gasteiger partial charge is 0.422 e. The largest absolute Gasteiger partial charge is 0.484 e. The molecule has 0 fully saturated rings. The molecular weight excluding hydrogens is 421 g/mol. The van der Waals surface area contributed by atoms with E-state index in [1.54, 1.807) is 31.2 Å². The van der Waals surface area contributed by atoms with Gasteiger partial charge in [0.25, 0.3) is 11.8 Å². The van der Waals surface area contributed by atoms with Gasteiger partial charge in [-0.25, -0.2) is 0 Å². The lowest BCUT2D eigenvalue weighted by atomic mass is 10.2. The van der Waals surface area contributed by atoms with Crippen LogP contribution in [0.25, 0.3) is 0 Å². The number of carbonyl (C=O) groups excluding carboxylic acids is 2. The van der Waals surface area contributed by atoms with Crippen molar-refractivity contribution < 1.29 is 31.9 Å². The molecule has 0 spiro atoms. The molecule has 6 nitrogen and oxygen atoms in total. The fraction of sp³-hybridized carbons (Fsp3) is 0.200. The summed E-state index contributed by atoms with van der Waals surface area (Å²) in [5, 5.41) is 5.93. The van der Waals surface area contributed by atoms with E-state index in [1.165, 1.54) is 24.5 Å². The summed E-state index contributed by atoms with van der Waals surface area (Å²) in [6.45, 7) is 0.573. The summed E-state index contributed by atoms with van der Waals surface area (Å²) < 4.78 is 46.2. The minimum Gasteiger partial charge on any atom is -0.484 e. The zero-order valence-corrected chi connectivity index (χ0v) is 16.5. The van der Waals surface area contributed by atoms with Crippen molar-refractivity contribution in [1.82, 2.24) is 5.32 Å². The van der Waals surface area contributed by atoms with Crippen molar-refractivity contribution in [2.75, 3.05) is 11.9 Å². The maximum Gasteiger partial charge on any atom is 0.422 e. The second-order valence-electron chi connectivity index (χ2n) is 6.28. The molecule has 3 aromatic rings. The third-order valence-electron chi connectivity index (χ3n) is 3.88. The molecule has 0 bridgehead atoms. The van der Waals surface area contributed by atoms with Gasteiger partial charge in [-0.3, -0.25) is 9.59 Å². The summed E-state index contributed by atoms with van der Waals surface area (Å²) in [6, 6.07) is 10.8. The zero-order chi connectivity index (χ0) is 21.7. The Hall–Kier alpha value is -3.27. The number of thiophene rings is 1. The molecule has 2 amide bonds. The number of carbonyl (C=O) groups is 2. The van der Waals surface area contributed by atoms with Crippen LogP contribution in [0.5, 0.6) is 5.75 Å². The molecule has 0 radical (unpaired) electrons. The van der Waals surface area contributed by atoms with E-state index in [4.69, 9.17) is 4.42 Å². The van der Waals surface area contributed by atoms with E-state index in [0.717, 1.165) is 11.3 Å². The van der Waals surface area contributed by atoms with E-state index in [2.05, 4.69) is 15.4 Å². The average molecular weight is 438 g/mol. The highest BCUT2D eigenvalue weighted by Gasteiger charge is 2.28. The fourth-order valence-electron chi connectivity index (χ4n) is 2.48. The average Bonchev–Trinajstić information content (AvgIpc) is 3.35. The quantitative estimate of drug-likeness (QED) is 0.557. The summed E-state index contributed by atoms with van der Waals surface area (Å²) in [7, 11) is 0. The Morgan fingerprint density at radius 2 is 1.87 bits per heavy atom. The lowest BCUT2D eigenvalue weighted by Crippen LogP contribution is -2.22. The summed E-state index contributed by atoms with van der Waals surface area (Å²) in [5.41, 5.74) is 1.39. The van der Waals surface area contributed by atoms with Crippen LogP contribution in [0.4, 0.5) is 18.2 Å². The van der Waals surface area contributed by atoms with Crippen LogP contribution in [0.2, 0.25) is 0 Å². The molecule has 2 aromatic heterocycles. The molecule has 0 saturated carbocycles. The van der Waals surface area contributed by atoms with Gasteiger partial charge in [-0.2, -0.15) is 13.2 Å². The lowest BCUT2D eigenvalue weighted by Gasteiger charge is -2.10. The maximum atomic E-state index is 12.5. The normalized spacial score (nSPS) is 11.2. The predicted octanol–water partition coefficient (Wildman–Crippen LogP) is 4.77. The number of halogens is 3. The first-order valence-electron chi connectivity index (χ1n) is 8.73. The SMILES string of the molecule is Cc1cc(NC(=O)c2ccco2)sc1C(=O)NCc1ccc(OCC(F)(F)F)cc1. The molecule has 2 heterocycles. The van der Waals surface area contributed by atoms with Crippen LogP contribution in [-0.2, 0) is 6.54 Å². The van der Waals surface area contributed by atoms with Gasteiger partial charge in [-0.05, 0) is 48.4 Å². The molecule has 1 aromatic carbocycles. The van der Waals surface area contributed by atoms with Crippen LogP contribution in [0, 0.1) is 6.92 Å². The summed E-state index contributed by atoms with van der Waals surface area (Å²) in [6.07, 6.45) is -3.01. The fourth-order valence-corrected chi connectivity index (χ4v) is 3.47. The number of benzene rings is 1. The lowest BCUT2D eigenvalue weighted by molar-refractivity contribution is -0.153. The van der Waals surface area contributed by atoms with Gasteiger partial charge in [0.15, 0.2) is 12.4 Å². The van der Waals surface area contributed by atoms with Crippen molar-refractivity contribution in [1.29, 1.82) is 0 Å². The highest BCUT2D eigenvalue weighted by atomic mass is 32.1. The molecule has 0 atom stereocenters. The van der Waals surface area contributed by atoms with Crippen molar-refractivity contribution in [2.45, 2.75) is 19.6 Å². The van der Waals surface area contributed by atoms with Gasteiger partial charge in [0, 0.05) is 6.54 Å². The summed E-state index contributed by atoms with van der Waals surface area (Å²) in [4.78, 5) is 24.9. The minimum atomic E-state index is -4.40. The van der Waals surface area contributed by atoms with Crippen molar-refractivity contribution in [3.8, 4) is 5.75 Å². The number of rotatable bonds is 7. The van der Waals surface area contributed by atoms with Gasteiger partial charge in [0.2, 0.25) is 0 Å². The third-order valence-corrected chi connectivity index (χ3v) is 5.04. The Labute approximate surface area is 173 Å².